The molecule has 0 aromatic rings. The van der Waals surface area contributed by atoms with Gasteiger partial charge in [0.25, 0.3) is 0 Å². The van der Waals surface area contributed by atoms with E-state index >= 15 is 0 Å². The van der Waals surface area contributed by atoms with E-state index in [0.717, 1.165) is 0 Å². The first-order valence-corrected chi connectivity index (χ1v) is 0.583. The van der Waals surface area contributed by atoms with Crippen LogP contribution >= 0.6 is 0 Å². The summed E-state index contributed by atoms with van der Waals surface area (Å²) in [5.74, 6) is 0. The fraction of sp³-hybridized carbons (Fsp3) is 0. The molecule has 0 fully saturated rings. The van der Waals surface area contributed by atoms with Crippen molar-refractivity contribution in [2.24, 2.45) is 0 Å². The maximum atomic E-state index is 8.47. The Hall–Kier alpha value is 0.319. The minimum absolute atomic E-state index is 0. The van der Waals surface area contributed by atoms with E-state index in [0.29, 0.717) is 0 Å². The molecule has 45 valence electrons. The standard InChI is InChI=1S/Cu.H2NO3.H2O/c;2-1(3)4;/h;2-3H;1H2/q;-1;. The molecule has 0 saturated carbocycles. The van der Waals surface area contributed by atoms with E-state index < -0.39 is 5.39 Å². The van der Waals surface area contributed by atoms with Gasteiger partial charge in [0.2, 0.25) is 0 Å². The molecular weight excluding hydrogens is 142 g/mol. The van der Waals surface area contributed by atoms with Crippen LogP contribution in [0.5, 0.6) is 0 Å². The van der Waals surface area contributed by atoms with Crippen LogP contribution in [-0.2, 0) is 17.1 Å². The van der Waals surface area contributed by atoms with Crippen molar-refractivity contribution in [1.29, 1.82) is 0 Å². The molecule has 6 heavy (non-hydrogen) atoms. The zero-order valence-electron chi connectivity index (χ0n) is 2.55. The fourth-order valence-corrected chi connectivity index (χ4v) is 0. The molecule has 0 aliphatic heterocycles. The average molecular weight is 146 g/mol. The first-order chi connectivity index (χ1) is 1.73. The molecule has 0 saturated heterocycles. The van der Waals surface area contributed by atoms with E-state index in [4.69, 9.17) is 15.6 Å². The Morgan fingerprint density at radius 3 is 1.33 bits per heavy atom. The number of hydrogen-bond acceptors (Lipinski definition) is 4. The summed E-state index contributed by atoms with van der Waals surface area (Å²) in [7, 11) is 0. The molecule has 0 amide bonds. The van der Waals surface area contributed by atoms with Crippen LogP contribution in [0.25, 0.3) is 0 Å². The molecule has 0 aromatic heterocycles. The molecule has 4 N–H and O–H groups in total. The average Bonchev–Trinajstić information content (AvgIpc) is 0.811. The van der Waals surface area contributed by atoms with Gasteiger partial charge < -0.3 is 21.1 Å². The van der Waals surface area contributed by atoms with E-state index in [-0.39, 0.29) is 22.5 Å². The van der Waals surface area contributed by atoms with Gasteiger partial charge in [0, 0.05) is 17.1 Å². The zero-order valence-corrected chi connectivity index (χ0v) is 3.49. The van der Waals surface area contributed by atoms with Crippen LogP contribution in [0.15, 0.2) is 0 Å². The van der Waals surface area contributed by atoms with Gasteiger partial charge in [-0.1, -0.05) is 0 Å². The van der Waals surface area contributed by atoms with Crippen molar-refractivity contribution in [3.05, 3.63) is 5.21 Å². The predicted molar refractivity (Wildman–Crippen MR) is 12.4 cm³/mol. The Labute approximate surface area is 44.5 Å². The van der Waals surface area contributed by atoms with E-state index in [1.165, 1.54) is 0 Å². The topological polar surface area (TPSA) is 98.3 Å². The Bertz CT molecular complexity index is 12.3. The van der Waals surface area contributed by atoms with Crippen molar-refractivity contribution >= 4 is 0 Å². The summed E-state index contributed by atoms with van der Waals surface area (Å²) in [6.07, 6.45) is 0. The molecule has 0 atom stereocenters. The van der Waals surface area contributed by atoms with Crippen molar-refractivity contribution in [2.75, 3.05) is 0 Å². The molecular formula is H4CuNO4-. The third kappa shape index (κ3) is 466. The maximum Gasteiger partial charge on any atom is 0 e. The Morgan fingerprint density at radius 1 is 1.33 bits per heavy atom. The second kappa shape index (κ2) is 9.01. The summed E-state index contributed by atoms with van der Waals surface area (Å²) in [5, 5.41) is 21.0. The predicted octanol–water partition coefficient (Wildman–Crippen LogP) is -1.26. The molecule has 0 heterocycles. The molecule has 1 radical (unpaired) electrons. The molecule has 0 aliphatic rings. The van der Waals surface area contributed by atoms with Gasteiger partial charge in [0.15, 0.2) is 0 Å². The van der Waals surface area contributed by atoms with E-state index in [2.05, 4.69) is 0 Å². The molecule has 0 bridgehead atoms. The Kier molecular flexibility index (Phi) is 24.4. The van der Waals surface area contributed by atoms with Crippen molar-refractivity contribution in [3.8, 4) is 0 Å². The van der Waals surface area contributed by atoms with Crippen molar-refractivity contribution in [2.45, 2.75) is 0 Å². The number of nitrogens with zero attached hydrogens (tertiary/aromatic N) is 1. The van der Waals surface area contributed by atoms with E-state index in [1.54, 1.807) is 0 Å². The van der Waals surface area contributed by atoms with Gasteiger partial charge in [-0.25, -0.2) is 0 Å². The van der Waals surface area contributed by atoms with Crippen LogP contribution in [0.3, 0.4) is 0 Å². The third-order valence-corrected chi connectivity index (χ3v) is 0. The second-order valence-electron chi connectivity index (χ2n) is 0.253. The van der Waals surface area contributed by atoms with Gasteiger partial charge in [0.1, 0.15) is 0 Å². The molecule has 5 nitrogen and oxygen atoms in total. The van der Waals surface area contributed by atoms with Crippen LogP contribution in [0.4, 0.5) is 0 Å². The fourth-order valence-electron chi connectivity index (χ4n) is 0. The number of hydrogen-bond donors (Lipinski definition) is 2. The summed E-state index contributed by atoms with van der Waals surface area (Å²) in [4.78, 5) is 0. The van der Waals surface area contributed by atoms with Gasteiger partial charge >= 0.3 is 0 Å². The normalized spacial score (nSPS) is 6.00. The second-order valence-corrected chi connectivity index (χ2v) is 0.253. The van der Waals surface area contributed by atoms with Crippen LogP contribution in [0.2, 0.25) is 0 Å². The molecule has 0 aliphatic carbocycles. The van der Waals surface area contributed by atoms with E-state index in [1.807, 2.05) is 0 Å². The summed E-state index contributed by atoms with van der Waals surface area (Å²) >= 11 is 0. The van der Waals surface area contributed by atoms with Crippen molar-refractivity contribution in [3.63, 3.8) is 0 Å². The van der Waals surface area contributed by atoms with Gasteiger partial charge in [0.05, 0.1) is 0 Å². The molecule has 0 spiro atoms. The molecule has 6 heteroatoms. The van der Waals surface area contributed by atoms with Crippen LogP contribution < -0.4 is 0 Å². The largest absolute Gasteiger partial charge is 0.738 e. The van der Waals surface area contributed by atoms with Crippen LogP contribution in [0.1, 0.15) is 0 Å². The minimum atomic E-state index is -1.25. The van der Waals surface area contributed by atoms with Gasteiger partial charge in [-0.3, -0.25) is 0 Å². The smallest absolute Gasteiger partial charge is 0 e. The molecule has 0 rings (SSSR count). The number of rotatable bonds is 0. The van der Waals surface area contributed by atoms with E-state index in [9.17, 15) is 0 Å². The van der Waals surface area contributed by atoms with Gasteiger partial charge in [-0.2, -0.15) is 0 Å². The summed E-state index contributed by atoms with van der Waals surface area (Å²) in [6, 6.07) is 0. The van der Waals surface area contributed by atoms with Crippen LogP contribution in [-0.4, -0.2) is 21.3 Å². The minimum Gasteiger partial charge on any atom is -0.738 e. The first-order valence-electron chi connectivity index (χ1n) is 0.583. The first kappa shape index (κ1) is 16.2. The van der Waals surface area contributed by atoms with Crippen LogP contribution in [0, 0.1) is 5.21 Å². The summed E-state index contributed by atoms with van der Waals surface area (Å²) in [6.45, 7) is 0. The summed E-state index contributed by atoms with van der Waals surface area (Å²) in [5.41, 5.74) is 0. The Morgan fingerprint density at radius 2 is 1.33 bits per heavy atom. The Balaban J connectivity index is -0.0000000450. The quantitative estimate of drug-likeness (QED) is 0.328. The van der Waals surface area contributed by atoms with Crippen molar-refractivity contribution < 1.29 is 33.0 Å². The van der Waals surface area contributed by atoms with Gasteiger partial charge in [-0.05, 0) is 0 Å². The monoisotopic (exact) mass is 145 g/mol. The van der Waals surface area contributed by atoms with Gasteiger partial charge in [-0.15, -0.1) is 5.39 Å². The molecule has 0 unspecified atom stereocenters. The SMILES string of the molecule is O.[Cu].[O-]N(O)O. The summed E-state index contributed by atoms with van der Waals surface area (Å²) < 4.78 is 0. The maximum absolute atomic E-state index is 8.47. The zero-order chi connectivity index (χ0) is 3.58. The molecule has 0 aromatic carbocycles. The third-order valence-electron chi connectivity index (χ3n) is 0. The van der Waals surface area contributed by atoms with Crippen molar-refractivity contribution in [1.82, 2.24) is 5.39 Å².